The van der Waals surface area contributed by atoms with Crippen molar-refractivity contribution >= 4 is 11.2 Å². The van der Waals surface area contributed by atoms with E-state index in [4.69, 9.17) is 0 Å². The Morgan fingerprint density at radius 3 is 2.38 bits per heavy atom. The zero-order valence-corrected chi connectivity index (χ0v) is 17.7. The van der Waals surface area contributed by atoms with Crippen LogP contribution in [-0.4, -0.2) is 53.0 Å². The molecule has 9 nitrogen and oxygen atoms in total. The van der Waals surface area contributed by atoms with Crippen molar-refractivity contribution in [3.8, 4) is 5.95 Å². The molecular formula is C20H29N7O2. The molecule has 0 radical (unpaired) electrons. The molecule has 1 fully saturated rings. The standard InChI is InChI=1S/C20H29N7O2/c1-5-25-16-17(21-19(25)27-15(3)13-14(2)22-27)23(4)20(29)26(18(16)28)12-11-24-9-7-6-8-10-24/h13H,5-12H2,1-4H3. The molecule has 0 saturated carbocycles. The molecule has 3 aromatic heterocycles. The van der Waals surface area contributed by atoms with E-state index in [0.29, 0.717) is 36.7 Å². The van der Waals surface area contributed by atoms with Gasteiger partial charge in [0.05, 0.1) is 5.69 Å². The Hall–Kier alpha value is -2.68. The molecule has 0 N–H and O–H groups in total. The third-order valence-electron chi connectivity index (χ3n) is 5.82. The number of aryl methyl sites for hydroxylation is 4. The largest absolute Gasteiger partial charge is 0.332 e. The van der Waals surface area contributed by atoms with Crippen LogP contribution in [0.4, 0.5) is 0 Å². The third kappa shape index (κ3) is 3.33. The van der Waals surface area contributed by atoms with Crippen molar-refractivity contribution in [1.82, 2.24) is 33.4 Å². The van der Waals surface area contributed by atoms with Crippen LogP contribution in [0, 0.1) is 13.8 Å². The summed E-state index contributed by atoms with van der Waals surface area (Å²) in [5.74, 6) is 0.564. The van der Waals surface area contributed by atoms with Crippen molar-refractivity contribution in [2.24, 2.45) is 7.05 Å². The zero-order valence-electron chi connectivity index (χ0n) is 17.7. The Balaban J connectivity index is 1.84. The first-order valence-corrected chi connectivity index (χ1v) is 10.4. The van der Waals surface area contributed by atoms with E-state index in [1.165, 1.54) is 28.4 Å². The van der Waals surface area contributed by atoms with Crippen molar-refractivity contribution in [1.29, 1.82) is 0 Å². The highest BCUT2D eigenvalue weighted by atomic mass is 16.2. The first-order chi connectivity index (χ1) is 13.9. The number of hydrogen-bond acceptors (Lipinski definition) is 5. The normalized spacial score (nSPS) is 15.4. The summed E-state index contributed by atoms with van der Waals surface area (Å²) in [4.78, 5) is 33.2. The van der Waals surface area contributed by atoms with Gasteiger partial charge in [-0.25, -0.2) is 9.48 Å². The van der Waals surface area contributed by atoms with Crippen molar-refractivity contribution in [3.63, 3.8) is 0 Å². The summed E-state index contributed by atoms with van der Waals surface area (Å²) in [7, 11) is 1.68. The fourth-order valence-electron chi connectivity index (χ4n) is 4.27. The average molecular weight is 399 g/mol. The summed E-state index contributed by atoms with van der Waals surface area (Å²) >= 11 is 0. The SMILES string of the molecule is CCn1c(-n2nc(C)cc2C)nc2c1c(=O)n(CCN1CCCCC1)c(=O)n2C. The molecule has 0 unspecified atom stereocenters. The highest BCUT2D eigenvalue weighted by Crippen LogP contribution is 2.17. The Kier molecular flexibility index (Phi) is 5.16. The molecule has 1 aliphatic rings. The number of rotatable bonds is 5. The fraction of sp³-hybridized carbons (Fsp3) is 0.600. The van der Waals surface area contributed by atoms with Crippen LogP contribution in [0.2, 0.25) is 0 Å². The number of piperidine rings is 1. The lowest BCUT2D eigenvalue weighted by Crippen LogP contribution is -2.43. The van der Waals surface area contributed by atoms with Gasteiger partial charge in [-0.05, 0) is 52.8 Å². The van der Waals surface area contributed by atoms with Gasteiger partial charge >= 0.3 is 5.69 Å². The zero-order chi connectivity index (χ0) is 20.7. The predicted molar refractivity (Wildman–Crippen MR) is 112 cm³/mol. The first-order valence-electron chi connectivity index (χ1n) is 10.4. The lowest BCUT2D eigenvalue weighted by Gasteiger charge is -2.26. The summed E-state index contributed by atoms with van der Waals surface area (Å²) in [6.45, 7) is 9.58. The molecule has 1 saturated heterocycles. The first kappa shape index (κ1) is 19.6. The molecule has 0 aliphatic carbocycles. The van der Waals surface area contributed by atoms with Gasteiger partial charge in [0.25, 0.3) is 5.56 Å². The molecule has 9 heteroatoms. The van der Waals surface area contributed by atoms with E-state index in [9.17, 15) is 9.59 Å². The number of hydrogen-bond donors (Lipinski definition) is 0. The second-order valence-electron chi connectivity index (χ2n) is 7.87. The van der Waals surface area contributed by atoms with Crippen LogP contribution in [0.25, 0.3) is 17.1 Å². The molecule has 0 bridgehead atoms. The number of aromatic nitrogens is 6. The molecule has 4 heterocycles. The Bertz CT molecular complexity index is 1160. The van der Waals surface area contributed by atoms with E-state index in [1.807, 2.05) is 31.4 Å². The third-order valence-corrected chi connectivity index (χ3v) is 5.82. The van der Waals surface area contributed by atoms with Crippen molar-refractivity contribution < 1.29 is 0 Å². The number of nitrogens with zero attached hydrogens (tertiary/aromatic N) is 7. The molecule has 4 rings (SSSR count). The maximum absolute atomic E-state index is 13.3. The van der Waals surface area contributed by atoms with E-state index in [2.05, 4.69) is 15.0 Å². The summed E-state index contributed by atoms with van der Waals surface area (Å²) in [5.41, 5.74) is 2.07. The van der Waals surface area contributed by atoms with Gasteiger partial charge in [0.1, 0.15) is 0 Å². The van der Waals surface area contributed by atoms with Gasteiger partial charge in [0, 0.05) is 32.4 Å². The van der Waals surface area contributed by atoms with Gasteiger partial charge in [0.15, 0.2) is 11.2 Å². The lowest BCUT2D eigenvalue weighted by molar-refractivity contribution is 0.218. The molecule has 156 valence electrons. The second kappa shape index (κ2) is 7.62. The average Bonchev–Trinajstić information content (AvgIpc) is 3.26. The lowest BCUT2D eigenvalue weighted by atomic mass is 10.1. The molecule has 29 heavy (non-hydrogen) atoms. The minimum absolute atomic E-state index is 0.276. The monoisotopic (exact) mass is 399 g/mol. The number of fused-ring (bicyclic) bond motifs is 1. The van der Waals surface area contributed by atoms with Gasteiger partial charge < -0.3 is 9.47 Å². The van der Waals surface area contributed by atoms with Crippen LogP contribution in [0.1, 0.15) is 37.6 Å². The highest BCUT2D eigenvalue weighted by Gasteiger charge is 2.22. The minimum Gasteiger partial charge on any atom is -0.303 e. The smallest absolute Gasteiger partial charge is 0.303 e. The van der Waals surface area contributed by atoms with Crippen LogP contribution in [0.5, 0.6) is 0 Å². The maximum atomic E-state index is 13.3. The maximum Gasteiger partial charge on any atom is 0.332 e. The number of imidazole rings is 1. The molecule has 0 atom stereocenters. The molecule has 0 aromatic carbocycles. The van der Waals surface area contributed by atoms with Gasteiger partial charge in [-0.3, -0.25) is 13.9 Å². The van der Waals surface area contributed by atoms with E-state index in [0.717, 1.165) is 24.5 Å². The van der Waals surface area contributed by atoms with Gasteiger partial charge in [0.2, 0.25) is 5.95 Å². The Labute approximate surface area is 169 Å². The summed E-state index contributed by atoms with van der Waals surface area (Å²) in [6, 6.07) is 1.97. The van der Waals surface area contributed by atoms with Crippen molar-refractivity contribution in [3.05, 3.63) is 38.3 Å². The van der Waals surface area contributed by atoms with Crippen LogP contribution in [0.15, 0.2) is 15.7 Å². The van der Waals surface area contributed by atoms with Gasteiger partial charge in [-0.2, -0.15) is 10.1 Å². The quantitative estimate of drug-likeness (QED) is 0.644. The highest BCUT2D eigenvalue weighted by molar-refractivity contribution is 5.72. The summed E-state index contributed by atoms with van der Waals surface area (Å²) < 4.78 is 6.43. The van der Waals surface area contributed by atoms with Crippen LogP contribution in [-0.2, 0) is 20.1 Å². The van der Waals surface area contributed by atoms with E-state index in [1.54, 1.807) is 11.7 Å². The van der Waals surface area contributed by atoms with E-state index >= 15 is 0 Å². The van der Waals surface area contributed by atoms with Crippen LogP contribution >= 0.6 is 0 Å². The topological polar surface area (TPSA) is 82.9 Å². The van der Waals surface area contributed by atoms with E-state index in [-0.39, 0.29) is 11.2 Å². The second-order valence-corrected chi connectivity index (χ2v) is 7.87. The Morgan fingerprint density at radius 1 is 1.03 bits per heavy atom. The molecule has 0 spiro atoms. The molecule has 0 amide bonds. The Morgan fingerprint density at radius 2 is 1.76 bits per heavy atom. The van der Waals surface area contributed by atoms with E-state index < -0.39 is 0 Å². The van der Waals surface area contributed by atoms with Gasteiger partial charge in [-0.15, -0.1) is 0 Å². The molecule has 1 aliphatic heterocycles. The summed E-state index contributed by atoms with van der Waals surface area (Å²) in [6.07, 6.45) is 3.62. The van der Waals surface area contributed by atoms with Crippen LogP contribution in [0.3, 0.4) is 0 Å². The molecule has 3 aromatic rings. The minimum atomic E-state index is -0.319. The molecular weight excluding hydrogens is 370 g/mol. The van der Waals surface area contributed by atoms with Gasteiger partial charge in [-0.1, -0.05) is 6.42 Å². The van der Waals surface area contributed by atoms with Crippen molar-refractivity contribution in [2.45, 2.75) is 53.1 Å². The fourth-order valence-corrected chi connectivity index (χ4v) is 4.27. The summed E-state index contributed by atoms with van der Waals surface area (Å²) in [5, 5.41) is 4.52. The van der Waals surface area contributed by atoms with Crippen LogP contribution < -0.4 is 11.2 Å². The predicted octanol–water partition coefficient (Wildman–Crippen LogP) is 1.21. The van der Waals surface area contributed by atoms with Crippen molar-refractivity contribution in [2.75, 3.05) is 19.6 Å². The number of likely N-dealkylation sites (tertiary alicyclic amines) is 1.